The molecule has 1 aliphatic heterocycles. The Labute approximate surface area is 153 Å². The lowest BCUT2D eigenvalue weighted by Gasteiger charge is -2.35. The molecule has 1 aliphatic rings. The number of nitrogens with one attached hydrogen (secondary N) is 1. The summed E-state index contributed by atoms with van der Waals surface area (Å²) in [7, 11) is -2.50. The zero-order valence-electron chi connectivity index (χ0n) is 14.5. The number of esters is 1. The number of piperazine rings is 1. The first kappa shape index (κ1) is 18.2. The lowest BCUT2D eigenvalue weighted by molar-refractivity contribution is 0.0602. The highest BCUT2D eigenvalue weighted by Crippen LogP contribution is 2.21. The van der Waals surface area contributed by atoms with Crippen LogP contribution in [0.25, 0.3) is 0 Å². The van der Waals surface area contributed by atoms with Crippen molar-refractivity contribution in [3.05, 3.63) is 60.2 Å². The monoisotopic (exact) mass is 375 g/mol. The number of hydrogen-bond donors (Lipinski definition) is 1. The smallest absolute Gasteiger partial charge is 0.339 e. The van der Waals surface area contributed by atoms with Crippen LogP contribution in [0.5, 0.6) is 0 Å². The third-order valence-corrected chi connectivity index (χ3v) is 5.79. The highest BCUT2D eigenvalue weighted by Gasteiger charge is 2.28. The Balaban J connectivity index is 1.70. The number of para-hydroxylation sites is 2. The Morgan fingerprint density at radius 1 is 0.962 bits per heavy atom. The van der Waals surface area contributed by atoms with E-state index in [1.807, 2.05) is 30.3 Å². The van der Waals surface area contributed by atoms with E-state index in [0.29, 0.717) is 26.2 Å². The summed E-state index contributed by atoms with van der Waals surface area (Å²) in [6.45, 7) is 1.93. The molecule has 0 aliphatic carbocycles. The minimum atomic E-state index is -3.76. The highest BCUT2D eigenvalue weighted by atomic mass is 32.2. The third kappa shape index (κ3) is 3.97. The minimum Gasteiger partial charge on any atom is -0.465 e. The van der Waals surface area contributed by atoms with Crippen LogP contribution in [0.2, 0.25) is 0 Å². The van der Waals surface area contributed by atoms with Gasteiger partial charge in [0.1, 0.15) is 0 Å². The molecule has 0 radical (unpaired) electrons. The molecule has 0 atom stereocenters. The first-order valence-corrected chi connectivity index (χ1v) is 9.70. The lowest BCUT2D eigenvalue weighted by atomic mass is 10.2. The Morgan fingerprint density at radius 3 is 2.23 bits per heavy atom. The van der Waals surface area contributed by atoms with Gasteiger partial charge >= 0.3 is 16.2 Å². The number of anilines is 2. The number of nitrogens with zero attached hydrogens (tertiary/aromatic N) is 2. The SMILES string of the molecule is COC(=O)c1ccccc1NS(=O)(=O)N1CCN(c2ccccc2)CC1. The van der Waals surface area contributed by atoms with E-state index < -0.39 is 16.2 Å². The molecule has 8 heteroatoms. The molecule has 0 spiro atoms. The number of methoxy groups -OCH3 is 1. The fourth-order valence-electron chi connectivity index (χ4n) is 2.89. The van der Waals surface area contributed by atoms with Gasteiger partial charge < -0.3 is 9.64 Å². The molecule has 0 saturated carbocycles. The lowest BCUT2D eigenvalue weighted by Crippen LogP contribution is -2.50. The Hall–Kier alpha value is -2.58. The van der Waals surface area contributed by atoms with E-state index in [9.17, 15) is 13.2 Å². The van der Waals surface area contributed by atoms with Crippen molar-refractivity contribution in [2.45, 2.75) is 0 Å². The van der Waals surface area contributed by atoms with Crippen molar-refractivity contribution in [2.75, 3.05) is 42.9 Å². The topological polar surface area (TPSA) is 78.9 Å². The van der Waals surface area contributed by atoms with Crippen LogP contribution in [0, 0.1) is 0 Å². The molecular formula is C18H21N3O4S. The van der Waals surface area contributed by atoms with Crippen molar-refractivity contribution < 1.29 is 17.9 Å². The molecule has 7 nitrogen and oxygen atoms in total. The van der Waals surface area contributed by atoms with Gasteiger partial charge in [0.2, 0.25) is 0 Å². The van der Waals surface area contributed by atoms with Gasteiger partial charge in [0.15, 0.2) is 0 Å². The first-order chi connectivity index (χ1) is 12.5. The maximum atomic E-state index is 12.7. The third-order valence-electron chi connectivity index (χ3n) is 4.27. The zero-order valence-corrected chi connectivity index (χ0v) is 15.3. The van der Waals surface area contributed by atoms with E-state index in [4.69, 9.17) is 4.74 Å². The Bertz CT molecular complexity index is 863. The van der Waals surface area contributed by atoms with Crippen molar-refractivity contribution in [3.63, 3.8) is 0 Å². The highest BCUT2D eigenvalue weighted by molar-refractivity contribution is 7.90. The molecule has 1 N–H and O–H groups in total. The first-order valence-electron chi connectivity index (χ1n) is 8.26. The van der Waals surface area contributed by atoms with Gasteiger partial charge in [-0.05, 0) is 24.3 Å². The predicted molar refractivity (Wildman–Crippen MR) is 101 cm³/mol. The second-order valence-electron chi connectivity index (χ2n) is 5.87. The van der Waals surface area contributed by atoms with Gasteiger partial charge in [0.25, 0.3) is 0 Å². The molecule has 2 aromatic carbocycles. The number of benzene rings is 2. The molecule has 3 rings (SSSR count). The van der Waals surface area contributed by atoms with Crippen molar-refractivity contribution in [1.29, 1.82) is 0 Å². The van der Waals surface area contributed by atoms with Gasteiger partial charge in [0, 0.05) is 31.9 Å². The predicted octanol–water partition coefficient (Wildman–Crippen LogP) is 1.95. The van der Waals surface area contributed by atoms with Crippen molar-refractivity contribution in [3.8, 4) is 0 Å². The van der Waals surface area contributed by atoms with Gasteiger partial charge in [0.05, 0.1) is 18.4 Å². The van der Waals surface area contributed by atoms with Crippen LogP contribution in [-0.4, -0.2) is 52.0 Å². The Kier molecular flexibility index (Phi) is 5.43. The molecule has 138 valence electrons. The minimum absolute atomic E-state index is 0.182. The summed E-state index contributed by atoms with van der Waals surface area (Å²) in [4.78, 5) is 14.0. The fraction of sp³-hybridized carbons (Fsp3) is 0.278. The fourth-order valence-corrected chi connectivity index (χ4v) is 4.12. The number of rotatable bonds is 5. The summed E-state index contributed by atoms with van der Waals surface area (Å²) in [6.07, 6.45) is 0. The van der Waals surface area contributed by atoms with E-state index in [1.165, 1.54) is 17.5 Å². The summed E-state index contributed by atoms with van der Waals surface area (Å²) in [5.74, 6) is -0.586. The number of hydrogen-bond acceptors (Lipinski definition) is 5. The summed E-state index contributed by atoms with van der Waals surface area (Å²) < 4.78 is 34.0. The molecule has 2 aromatic rings. The Morgan fingerprint density at radius 2 is 1.58 bits per heavy atom. The molecule has 0 aromatic heterocycles. The summed E-state index contributed by atoms with van der Waals surface area (Å²) >= 11 is 0. The van der Waals surface area contributed by atoms with Crippen LogP contribution in [0.15, 0.2) is 54.6 Å². The normalized spacial score (nSPS) is 15.5. The molecule has 1 saturated heterocycles. The van der Waals surface area contributed by atoms with E-state index >= 15 is 0 Å². The quantitative estimate of drug-likeness (QED) is 0.808. The molecule has 1 fully saturated rings. The van der Waals surface area contributed by atoms with Crippen LogP contribution >= 0.6 is 0 Å². The zero-order chi connectivity index (χ0) is 18.6. The van der Waals surface area contributed by atoms with Crippen molar-refractivity contribution in [2.24, 2.45) is 0 Å². The van der Waals surface area contributed by atoms with Crippen LogP contribution in [0.4, 0.5) is 11.4 Å². The summed E-state index contributed by atoms with van der Waals surface area (Å²) in [5.41, 5.74) is 1.47. The maximum absolute atomic E-state index is 12.7. The second-order valence-corrected chi connectivity index (χ2v) is 7.54. The van der Waals surface area contributed by atoms with E-state index in [-0.39, 0.29) is 11.3 Å². The van der Waals surface area contributed by atoms with Gasteiger partial charge in [-0.15, -0.1) is 0 Å². The molecular weight excluding hydrogens is 354 g/mol. The molecule has 0 unspecified atom stereocenters. The maximum Gasteiger partial charge on any atom is 0.339 e. The molecule has 0 bridgehead atoms. The summed E-state index contributed by atoms with van der Waals surface area (Å²) in [6, 6.07) is 16.3. The van der Waals surface area contributed by atoms with Crippen molar-refractivity contribution >= 4 is 27.6 Å². The number of carbonyl (C=O) groups excluding carboxylic acids is 1. The van der Waals surface area contributed by atoms with Gasteiger partial charge in [-0.1, -0.05) is 30.3 Å². The van der Waals surface area contributed by atoms with Crippen molar-refractivity contribution in [1.82, 2.24) is 4.31 Å². The van der Waals surface area contributed by atoms with E-state index in [1.54, 1.807) is 18.2 Å². The van der Waals surface area contributed by atoms with Gasteiger partial charge in [-0.2, -0.15) is 12.7 Å². The van der Waals surface area contributed by atoms with E-state index in [0.717, 1.165) is 5.69 Å². The van der Waals surface area contributed by atoms with Gasteiger partial charge in [-0.3, -0.25) is 4.72 Å². The molecule has 1 heterocycles. The molecule has 0 amide bonds. The molecule has 26 heavy (non-hydrogen) atoms. The average molecular weight is 375 g/mol. The van der Waals surface area contributed by atoms with Crippen LogP contribution in [0.3, 0.4) is 0 Å². The standard InChI is InChI=1S/C18H21N3O4S/c1-25-18(22)16-9-5-6-10-17(16)19-26(23,24)21-13-11-20(12-14-21)15-7-3-2-4-8-15/h2-10,19H,11-14H2,1H3. The largest absolute Gasteiger partial charge is 0.465 e. The number of carbonyl (C=O) groups is 1. The van der Waals surface area contributed by atoms with E-state index in [2.05, 4.69) is 9.62 Å². The van der Waals surface area contributed by atoms with Crippen LogP contribution in [-0.2, 0) is 14.9 Å². The van der Waals surface area contributed by atoms with Gasteiger partial charge in [-0.25, -0.2) is 4.79 Å². The average Bonchev–Trinajstić information content (AvgIpc) is 2.68. The van der Waals surface area contributed by atoms with Crippen LogP contribution < -0.4 is 9.62 Å². The van der Waals surface area contributed by atoms with Crippen LogP contribution in [0.1, 0.15) is 10.4 Å². The second kappa shape index (κ2) is 7.76. The number of ether oxygens (including phenoxy) is 1. The summed E-state index contributed by atoms with van der Waals surface area (Å²) in [5, 5.41) is 0.